The number of esters is 1. The molecule has 0 radical (unpaired) electrons. The smallest absolute Gasteiger partial charge is 0.316 e. The van der Waals surface area contributed by atoms with Gasteiger partial charge in [-0.05, 0) is 18.8 Å². The molecule has 0 aromatic carbocycles. The lowest BCUT2D eigenvalue weighted by molar-refractivity contribution is -0.140. The fourth-order valence-corrected chi connectivity index (χ4v) is 2.40. The molecule has 1 unspecified atom stereocenters. The molecule has 0 amide bonds. The van der Waals surface area contributed by atoms with Crippen LogP contribution in [0.2, 0.25) is 0 Å². The highest BCUT2D eigenvalue weighted by Gasteiger charge is 2.36. The summed E-state index contributed by atoms with van der Waals surface area (Å²) >= 11 is 1.34. The molecule has 14 heavy (non-hydrogen) atoms. The van der Waals surface area contributed by atoms with Crippen LogP contribution in [0.25, 0.3) is 0 Å². The van der Waals surface area contributed by atoms with Crippen LogP contribution in [-0.2, 0) is 14.3 Å². The molecule has 5 heteroatoms. The maximum Gasteiger partial charge on any atom is 0.316 e. The third-order valence-electron chi connectivity index (χ3n) is 2.12. The average molecular weight is 218 g/mol. The molecule has 1 N–H and O–H groups in total. The van der Waals surface area contributed by atoms with Crippen molar-refractivity contribution in [3.63, 3.8) is 0 Å². The molecule has 1 aliphatic carbocycles. The van der Waals surface area contributed by atoms with Crippen LogP contribution in [0.5, 0.6) is 0 Å². The second-order valence-corrected chi connectivity index (χ2v) is 4.54. The lowest BCUT2D eigenvalue weighted by Crippen LogP contribution is -2.19. The zero-order valence-electron chi connectivity index (χ0n) is 8.06. The Bertz CT molecular complexity index is 225. The highest BCUT2D eigenvalue weighted by Crippen LogP contribution is 2.39. The SMILES string of the molecule is COC(=O)CCSC(C(=O)O)C1CC1. The van der Waals surface area contributed by atoms with Gasteiger partial charge in [-0.25, -0.2) is 0 Å². The maximum atomic E-state index is 10.8. The molecule has 0 aliphatic heterocycles. The molecule has 1 saturated carbocycles. The van der Waals surface area contributed by atoms with Gasteiger partial charge < -0.3 is 9.84 Å². The topological polar surface area (TPSA) is 63.6 Å². The van der Waals surface area contributed by atoms with E-state index in [4.69, 9.17) is 5.11 Å². The largest absolute Gasteiger partial charge is 0.480 e. The molecule has 0 heterocycles. The number of aliphatic carboxylic acids is 1. The van der Waals surface area contributed by atoms with Crippen molar-refractivity contribution in [2.24, 2.45) is 5.92 Å². The first-order valence-electron chi connectivity index (χ1n) is 4.56. The van der Waals surface area contributed by atoms with Crippen molar-refractivity contribution in [2.75, 3.05) is 12.9 Å². The molecule has 1 fully saturated rings. The van der Waals surface area contributed by atoms with Gasteiger partial charge in [-0.2, -0.15) is 0 Å². The fourth-order valence-electron chi connectivity index (χ4n) is 1.18. The number of rotatable bonds is 6. The van der Waals surface area contributed by atoms with Crippen LogP contribution in [0.15, 0.2) is 0 Å². The first-order valence-corrected chi connectivity index (χ1v) is 5.61. The highest BCUT2D eigenvalue weighted by atomic mass is 32.2. The first-order chi connectivity index (χ1) is 6.65. The molecular weight excluding hydrogens is 204 g/mol. The van der Waals surface area contributed by atoms with E-state index in [0.29, 0.717) is 11.7 Å². The number of carbonyl (C=O) groups excluding carboxylic acids is 1. The average Bonchev–Trinajstić information content (AvgIpc) is 2.94. The van der Waals surface area contributed by atoms with E-state index in [9.17, 15) is 9.59 Å². The minimum atomic E-state index is -0.762. The van der Waals surface area contributed by atoms with Crippen molar-refractivity contribution in [1.29, 1.82) is 0 Å². The van der Waals surface area contributed by atoms with E-state index in [2.05, 4.69) is 4.74 Å². The van der Waals surface area contributed by atoms with Crippen molar-refractivity contribution in [3.8, 4) is 0 Å². The van der Waals surface area contributed by atoms with E-state index in [-0.39, 0.29) is 17.6 Å². The van der Waals surface area contributed by atoms with Crippen LogP contribution < -0.4 is 0 Å². The van der Waals surface area contributed by atoms with Gasteiger partial charge >= 0.3 is 11.9 Å². The molecule has 4 nitrogen and oxygen atoms in total. The normalized spacial score (nSPS) is 17.5. The maximum absolute atomic E-state index is 10.8. The fraction of sp³-hybridized carbons (Fsp3) is 0.778. The number of thioether (sulfide) groups is 1. The van der Waals surface area contributed by atoms with Crippen molar-refractivity contribution in [3.05, 3.63) is 0 Å². The number of hydrogen-bond donors (Lipinski definition) is 1. The Morgan fingerprint density at radius 3 is 2.64 bits per heavy atom. The molecule has 1 rings (SSSR count). The van der Waals surface area contributed by atoms with Gasteiger partial charge in [-0.15, -0.1) is 11.8 Å². The summed E-state index contributed by atoms with van der Waals surface area (Å²) in [6.45, 7) is 0. The summed E-state index contributed by atoms with van der Waals surface area (Å²) in [4.78, 5) is 21.6. The first kappa shape index (κ1) is 11.4. The summed E-state index contributed by atoms with van der Waals surface area (Å²) < 4.78 is 4.47. The standard InChI is InChI=1S/C9H14O4S/c1-13-7(10)4-5-14-8(9(11)12)6-2-3-6/h6,8H,2-5H2,1H3,(H,11,12). The van der Waals surface area contributed by atoms with Crippen LogP contribution in [0.1, 0.15) is 19.3 Å². The van der Waals surface area contributed by atoms with Crippen LogP contribution in [0, 0.1) is 5.92 Å². The molecule has 0 spiro atoms. The van der Waals surface area contributed by atoms with Gasteiger partial charge in [0, 0.05) is 5.75 Å². The Balaban J connectivity index is 2.20. The van der Waals surface area contributed by atoms with E-state index in [0.717, 1.165) is 12.8 Å². The Kier molecular flexibility index (Phi) is 4.25. The summed E-state index contributed by atoms with van der Waals surface area (Å²) in [7, 11) is 1.34. The highest BCUT2D eigenvalue weighted by molar-refractivity contribution is 8.00. The number of carboxylic acid groups (broad SMARTS) is 1. The molecule has 0 aromatic heterocycles. The summed E-state index contributed by atoms with van der Waals surface area (Å²) in [6, 6.07) is 0. The monoisotopic (exact) mass is 218 g/mol. The van der Waals surface area contributed by atoms with Crippen LogP contribution in [0.3, 0.4) is 0 Å². The van der Waals surface area contributed by atoms with Gasteiger partial charge in [0.2, 0.25) is 0 Å². The molecule has 0 bridgehead atoms. The third-order valence-corrected chi connectivity index (χ3v) is 3.51. The van der Waals surface area contributed by atoms with Crippen LogP contribution in [0.4, 0.5) is 0 Å². The van der Waals surface area contributed by atoms with E-state index in [1.807, 2.05) is 0 Å². The minimum Gasteiger partial charge on any atom is -0.480 e. The molecule has 1 aliphatic rings. The second kappa shape index (κ2) is 5.24. The van der Waals surface area contributed by atoms with Crippen molar-refractivity contribution >= 4 is 23.7 Å². The molecule has 80 valence electrons. The summed E-state index contributed by atoms with van der Waals surface area (Å²) in [5.74, 6) is -0.199. The predicted octanol–water partition coefficient (Wildman–Crippen LogP) is 1.15. The van der Waals surface area contributed by atoms with Crippen molar-refractivity contribution in [2.45, 2.75) is 24.5 Å². The third kappa shape index (κ3) is 3.57. The number of carboxylic acids is 1. The van der Waals surface area contributed by atoms with Gasteiger partial charge in [-0.1, -0.05) is 0 Å². The molecule has 1 atom stereocenters. The molecular formula is C9H14O4S. The minimum absolute atomic E-state index is 0.280. The Labute approximate surface area is 87.0 Å². The zero-order chi connectivity index (χ0) is 10.6. The van der Waals surface area contributed by atoms with E-state index in [1.54, 1.807) is 0 Å². The lowest BCUT2D eigenvalue weighted by atomic mass is 10.3. The lowest BCUT2D eigenvalue weighted by Gasteiger charge is -2.09. The Morgan fingerprint density at radius 2 is 2.21 bits per heavy atom. The van der Waals surface area contributed by atoms with Crippen LogP contribution >= 0.6 is 11.8 Å². The quantitative estimate of drug-likeness (QED) is 0.677. The Morgan fingerprint density at radius 1 is 1.57 bits per heavy atom. The number of hydrogen-bond acceptors (Lipinski definition) is 4. The predicted molar refractivity (Wildman–Crippen MR) is 53.2 cm³/mol. The second-order valence-electron chi connectivity index (χ2n) is 3.29. The van der Waals surface area contributed by atoms with Crippen LogP contribution in [-0.4, -0.2) is 35.2 Å². The number of methoxy groups -OCH3 is 1. The summed E-state index contributed by atoms with van der Waals surface area (Å²) in [5.41, 5.74) is 0. The molecule has 0 saturated heterocycles. The van der Waals surface area contributed by atoms with Crippen molar-refractivity contribution in [1.82, 2.24) is 0 Å². The van der Waals surface area contributed by atoms with Gasteiger partial charge in [0.15, 0.2) is 0 Å². The Hall–Kier alpha value is -0.710. The van der Waals surface area contributed by atoms with Gasteiger partial charge in [0.1, 0.15) is 5.25 Å². The molecule has 0 aromatic rings. The number of ether oxygens (including phenoxy) is 1. The zero-order valence-corrected chi connectivity index (χ0v) is 8.88. The summed E-state index contributed by atoms with van der Waals surface area (Å²) in [6.07, 6.45) is 2.29. The number of carbonyl (C=O) groups is 2. The van der Waals surface area contributed by atoms with E-state index < -0.39 is 5.97 Å². The van der Waals surface area contributed by atoms with Crippen molar-refractivity contribution < 1.29 is 19.4 Å². The summed E-state index contributed by atoms with van der Waals surface area (Å²) in [5, 5.41) is 8.54. The van der Waals surface area contributed by atoms with E-state index >= 15 is 0 Å². The van der Waals surface area contributed by atoms with Gasteiger partial charge in [-0.3, -0.25) is 9.59 Å². The van der Waals surface area contributed by atoms with E-state index in [1.165, 1.54) is 18.9 Å². The van der Waals surface area contributed by atoms with Gasteiger partial charge in [0.25, 0.3) is 0 Å². The van der Waals surface area contributed by atoms with Gasteiger partial charge in [0.05, 0.1) is 13.5 Å².